The summed E-state index contributed by atoms with van der Waals surface area (Å²) in [6.45, 7) is 10.4. The van der Waals surface area contributed by atoms with E-state index in [9.17, 15) is 9.59 Å². The number of amides is 2. The Morgan fingerprint density at radius 1 is 1.05 bits per heavy atom. The summed E-state index contributed by atoms with van der Waals surface area (Å²) in [5.41, 5.74) is 3.17. The molecule has 1 aromatic carbocycles. The number of nitrogens with zero attached hydrogens (tertiary/aromatic N) is 5. The molecular formula is C27H38N8O2. The Kier molecular flexibility index (Phi) is 8.28. The molecular weight excluding hydrogens is 468 g/mol. The highest BCUT2D eigenvalue weighted by atomic mass is 16.2. The van der Waals surface area contributed by atoms with Crippen molar-refractivity contribution >= 4 is 17.6 Å². The Balaban J connectivity index is 1.17. The Labute approximate surface area is 218 Å². The van der Waals surface area contributed by atoms with Crippen LogP contribution in [0.25, 0.3) is 0 Å². The van der Waals surface area contributed by atoms with Gasteiger partial charge in [-0.25, -0.2) is 9.97 Å². The van der Waals surface area contributed by atoms with Gasteiger partial charge in [0.25, 0.3) is 5.91 Å². The zero-order valence-electron chi connectivity index (χ0n) is 21.7. The number of fused-ring (bicyclic) bond motifs is 1. The van der Waals surface area contributed by atoms with Crippen molar-refractivity contribution in [1.29, 1.82) is 0 Å². The van der Waals surface area contributed by atoms with Gasteiger partial charge in [-0.1, -0.05) is 24.3 Å². The zero-order valence-corrected chi connectivity index (χ0v) is 21.7. The normalized spacial score (nSPS) is 19.9. The molecule has 198 valence electrons. The van der Waals surface area contributed by atoms with Crippen LogP contribution in [0, 0.1) is 0 Å². The second-order valence-electron chi connectivity index (χ2n) is 10.3. The Morgan fingerprint density at radius 3 is 2.43 bits per heavy atom. The first-order valence-electron chi connectivity index (χ1n) is 13.4. The largest absolute Gasteiger partial charge is 0.367 e. The van der Waals surface area contributed by atoms with Gasteiger partial charge in [0.15, 0.2) is 0 Å². The summed E-state index contributed by atoms with van der Waals surface area (Å²) in [6.07, 6.45) is 3.16. The Hall–Kier alpha value is -3.08. The number of hydrogen-bond acceptors (Lipinski definition) is 8. The van der Waals surface area contributed by atoms with Crippen molar-refractivity contribution < 1.29 is 9.59 Å². The van der Waals surface area contributed by atoms with Crippen LogP contribution in [0.2, 0.25) is 0 Å². The van der Waals surface area contributed by atoms with Crippen molar-refractivity contribution in [3.8, 4) is 0 Å². The predicted octanol–water partition coefficient (Wildman–Crippen LogP) is 0.919. The van der Waals surface area contributed by atoms with Crippen LogP contribution in [0.4, 0.5) is 5.82 Å². The third kappa shape index (κ3) is 6.63. The lowest BCUT2D eigenvalue weighted by molar-refractivity contribution is -0.129. The first-order valence-corrected chi connectivity index (χ1v) is 13.4. The monoisotopic (exact) mass is 506 g/mol. The summed E-state index contributed by atoms with van der Waals surface area (Å²) in [6, 6.07) is 10.8. The second kappa shape index (κ2) is 12.0. The van der Waals surface area contributed by atoms with Gasteiger partial charge >= 0.3 is 0 Å². The highest BCUT2D eigenvalue weighted by molar-refractivity contribution is 5.92. The standard InChI is InChI=1S/C27H38N8O2/c1-20(36)34-10-6-23(7-11-34)32-26-14-25(30-19-31-26)27(37)29-15-24(35-12-8-28-9-13-35)18-33-16-21-4-2-3-5-22(21)17-33/h2-5,14,19,23-24,28H,6-13,15-18H2,1H3,(H,29,37)(H,30,31,32)/t24-/m0/s1. The minimum atomic E-state index is -0.179. The van der Waals surface area contributed by atoms with E-state index in [2.05, 4.69) is 60.0 Å². The summed E-state index contributed by atoms with van der Waals surface area (Å²) in [5, 5.41) is 10.00. The molecule has 2 fully saturated rings. The van der Waals surface area contributed by atoms with E-state index < -0.39 is 0 Å². The van der Waals surface area contributed by atoms with Crippen LogP contribution in [0.15, 0.2) is 36.7 Å². The minimum Gasteiger partial charge on any atom is -0.367 e. The molecule has 2 amide bonds. The average molecular weight is 507 g/mol. The Bertz CT molecular complexity index is 1060. The third-order valence-corrected chi connectivity index (χ3v) is 7.73. The molecule has 2 saturated heterocycles. The van der Waals surface area contributed by atoms with Gasteiger partial charge in [-0.3, -0.25) is 19.4 Å². The first-order chi connectivity index (χ1) is 18.0. The molecule has 3 N–H and O–H groups in total. The smallest absolute Gasteiger partial charge is 0.270 e. The van der Waals surface area contributed by atoms with Crippen LogP contribution < -0.4 is 16.0 Å². The van der Waals surface area contributed by atoms with Crippen LogP contribution in [-0.2, 0) is 17.9 Å². The maximum atomic E-state index is 13.1. The molecule has 0 aliphatic carbocycles. The molecule has 1 atom stereocenters. The summed E-state index contributed by atoms with van der Waals surface area (Å²) < 4.78 is 0. The van der Waals surface area contributed by atoms with Crippen molar-refractivity contribution in [2.45, 2.75) is 44.9 Å². The lowest BCUT2D eigenvalue weighted by atomic mass is 10.1. The second-order valence-corrected chi connectivity index (χ2v) is 10.3. The molecule has 1 aromatic heterocycles. The molecule has 3 aliphatic rings. The van der Waals surface area contributed by atoms with Crippen LogP contribution >= 0.6 is 0 Å². The van der Waals surface area contributed by atoms with Crippen LogP contribution in [-0.4, -0.2) is 101 Å². The number of piperazine rings is 1. The van der Waals surface area contributed by atoms with E-state index in [0.29, 0.717) is 18.1 Å². The van der Waals surface area contributed by atoms with Crippen LogP contribution in [0.3, 0.4) is 0 Å². The molecule has 37 heavy (non-hydrogen) atoms. The van der Waals surface area contributed by atoms with Gasteiger partial charge in [0, 0.05) is 90.5 Å². The molecule has 5 rings (SSSR count). The number of benzene rings is 1. The summed E-state index contributed by atoms with van der Waals surface area (Å²) in [5.74, 6) is 0.587. The summed E-state index contributed by atoms with van der Waals surface area (Å²) in [7, 11) is 0. The van der Waals surface area contributed by atoms with E-state index in [0.717, 1.165) is 71.7 Å². The molecule has 10 heteroatoms. The van der Waals surface area contributed by atoms with Crippen molar-refractivity contribution in [3.63, 3.8) is 0 Å². The fourth-order valence-corrected chi connectivity index (χ4v) is 5.60. The van der Waals surface area contributed by atoms with E-state index in [1.165, 1.54) is 17.5 Å². The summed E-state index contributed by atoms with van der Waals surface area (Å²) in [4.78, 5) is 40.1. The maximum absolute atomic E-state index is 13.1. The fourth-order valence-electron chi connectivity index (χ4n) is 5.60. The molecule has 10 nitrogen and oxygen atoms in total. The molecule has 0 unspecified atom stereocenters. The highest BCUT2D eigenvalue weighted by Gasteiger charge is 2.27. The van der Waals surface area contributed by atoms with Crippen molar-refractivity contribution in [1.82, 2.24) is 35.3 Å². The molecule has 0 saturated carbocycles. The molecule has 3 aliphatic heterocycles. The lowest BCUT2D eigenvalue weighted by Gasteiger charge is -2.37. The minimum absolute atomic E-state index is 0.118. The van der Waals surface area contributed by atoms with E-state index >= 15 is 0 Å². The molecule has 0 bridgehead atoms. The molecule has 4 heterocycles. The van der Waals surface area contributed by atoms with Crippen LogP contribution in [0.5, 0.6) is 0 Å². The van der Waals surface area contributed by atoms with E-state index in [1.54, 1.807) is 13.0 Å². The quantitative estimate of drug-likeness (QED) is 0.486. The van der Waals surface area contributed by atoms with E-state index in [1.807, 2.05) is 4.90 Å². The van der Waals surface area contributed by atoms with Gasteiger partial charge in [0.1, 0.15) is 17.8 Å². The van der Waals surface area contributed by atoms with Gasteiger partial charge in [-0.05, 0) is 24.0 Å². The number of rotatable bonds is 8. The SMILES string of the molecule is CC(=O)N1CCC(Nc2cc(C(=O)NC[C@@H](CN3Cc4ccccc4C3)N3CCNCC3)ncn2)CC1. The molecule has 2 aromatic rings. The number of anilines is 1. The lowest BCUT2D eigenvalue weighted by Crippen LogP contribution is -2.55. The van der Waals surface area contributed by atoms with Gasteiger partial charge in [-0.2, -0.15) is 0 Å². The molecule has 0 radical (unpaired) electrons. The summed E-state index contributed by atoms with van der Waals surface area (Å²) >= 11 is 0. The first kappa shape index (κ1) is 25.6. The number of likely N-dealkylation sites (tertiary alicyclic amines) is 1. The van der Waals surface area contributed by atoms with Crippen molar-refractivity contribution in [2.24, 2.45) is 0 Å². The Morgan fingerprint density at radius 2 is 1.76 bits per heavy atom. The van der Waals surface area contributed by atoms with Gasteiger partial charge in [0.05, 0.1) is 0 Å². The van der Waals surface area contributed by atoms with Crippen molar-refractivity contribution in [2.75, 3.05) is 57.7 Å². The number of aromatic nitrogens is 2. The van der Waals surface area contributed by atoms with E-state index in [-0.39, 0.29) is 23.9 Å². The van der Waals surface area contributed by atoms with Gasteiger partial charge in [0.2, 0.25) is 5.91 Å². The van der Waals surface area contributed by atoms with E-state index in [4.69, 9.17) is 0 Å². The predicted molar refractivity (Wildman–Crippen MR) is 142 cm³/mol. The topological polar surface area (TPSA) is 106 Å². The van der Waals surface area contributed by atoms with Crippen molar-refractivity contribution in [3.05, 3.63) is 53.5 Å². The van der Waals surface area contributed by atoms with Crippen LogP contribution in [0.1, 0.15) is 41.4 Å². The number of piperidine rings is 1. The fraction of sp³-hybridized carbons (Fsp3) is 0.556. The number of hydrogen-bond donors (Lipinski definition) is 3. The highest BCUT2D eigenvalue weighted by Crippen LogP contribution is 2.23. The number of carbonyl (C=O) groups is 2. The maximum Gasteiger partial charge on any atom is 0.270 e. The number of carbonyl (C=O) groups excluding carboxylic acids is 2. The zero-order chi connectivity index (χ0) is 25.6. The van der Waals surface area contributed by atoms with Gasteiger partial charge in [-0.15, -0.1) is 0 Å². The third-order valence-electron chi connectivity index (χ3n) is 7.73. The van der Waals surface area contributed by atoms with Gasteiger partial charge < -0.3 is 20.9 Å². The number of nitrogens with one attached hydrogen (secondary N) is 3. The average Bonchev–Trinajstić information content (AvgIpc) is 3.34. The molecule has 0 spiro atoms.